The van der Waals surface area contributed by atoms with Crippen molar-refractivity contribution in [1.82, 2.24) is 14.9 Å². The van der Waals surface area contributed by atoms with Gasteiger partial charge >= 0.3 is 0 Å². The number of anilines is 2. The third kappa shape index (κ3) is 2.98. The van der Waals surface area contributed by atoms with Crippen LogP contribution >= 0.6 is 0 Å². The first-order valence-corrected chi connectivity index (χ1v) is 10.5. The van der Waals surface area contributed by atoms with Crippen molar-refractivity contribution in [1.29, 1.82) is 0 Å². The number of benzene rings is 1. The van der Waals surface area contributed by atoms with Gasteiger partial charge in [0.2, 0.25) is 5.95 Å². The molecule has 1 aromatic carbocycles. The number of nitrogens with two attached hydrogens (primary N) is 1. The van der Waals surface area contributed by atoms with Crippen LogP contribution in [0.5, 0.6) is 0 Å². The number of aromatic nitrogens is 2. The smallest absolute Gasteiger partial charge is 0.222 e. The van der Waals surface area contributed by atoms with Crippen LogP contribution in [0, 0.1) is 0 Å². The predicted molar refractivity (Wildman–Crippen MR) is 110 cm³/mol. The Bertz CT molecular complexity index is 849. The molecule has 0 saturated carbocycles. The lowest BCUT2D eigenvalue weighted by Crippen LogP contribution is -2.58. The normalized spacial score (nSPS) is 25.3. The van der Waals surface area contributed by atoms with E-state index in [9.17, 15) is 0 Å². The molecule has 2 aromatic rings. The molecule has 0 bridgehead atoms. The van der Waals surface area contributed by atoms with Gasteiger partial charge < -0.3 is 10.6 Å². The Labute approximate surface area is 161 Å². The number of nitrogen functional groups attached to an aromatic ring is 1. The molecule has 5 rings (SSSR count). The van der Waals surface area contributed by atoms with E-state index in [1.807, 2.05) is 0 Å². The lowest BCUT2D eigenvalue weighted by atomic mass is 9.94. The molecule has 5 nitrogen and oxygen atoms in total. The van der Waals surface area contributed by atoms with Gasteiger partial charge in [0.15, 0.2) is 0 Å². The van der Waals surface area contributed by atoms with E-state index in [1.54, 1.807) is 0 Å². The Morgan fingerprint density at radius 3 is 2.85 bits per heavy atom. The molecule has 0 radical (unpaired) electrons. The van der Waals surface area contributed by atoms with E-state index in [0.29, 0.717) is 18.0 Å². The number of piperidine rings is 1. The molecule has 1 aromatic heterocycles. The van der Waals surface area contributed by atoms with Crippen molar-refractivity contribution in [2.75, 3.05) is 30.3 Å². The molecule has 3 heterocycles. The summed E-state index contributed by atoms with van der Waals surface area (Å²) in [5.74, 6) is 1.49. The van der Waals surface area contributed by atoms with Gasteiger partial charge in [-0.1, -0.05) is 30.7 Å². The van der Waals surface area contributed by atoms with Crippen LogP contribution in [-0.2, 0) is 12.8 Å². The number of hydrogen-bond acceptors (Lipinski definition) is 5. The molecule has 0 spiro atoms. The summed E-state index contributed by atoms with van der Waals surface area (Å²) in [5, 5.41) is 0. The van der Waals surface area contributed by atoms with E-state index in [-0.39, 0.29) is 0 Å². The molecule has 2 fully saturated rings. The van der Waals surface area contributed by atoms with E-state index in [1.165, 1.54) is 36.0 Å². The van der Waals surface area contributed by atoms with Crippen LogP contribution in [0.2, 0.25) is 0 Å². The lowest BCUT2D eigenvalue weighted by molar-refractivity contribution is 0.0815. The maximum Gasteiger partial charge on any atom is 0.222 e. The molecule has 1 aliphatic carbocycles. The van der Waals surface area contributed by atoms with Crippen molar-refractivity contribution in [2.45, 2.75) is 57.5 Å². The minimum Gasteiger partial charge on any atom is -0.368 e. The Hall–Kier alpha value is -2.14. The molecular formula is C22H29N5. The standard InChI is InChI=1S/C22H29N5/c1-15-6-4-9-17-14-26(12-13-27(15)17)21-19-11-5-8-16-7-2-3-10-18(16)20(19)24-22(23)25-21/h2-3,7,10,15,17H,4-6,8-9,11-14H2,1H3,(H2,23,24,25). The van der Waals surface area contributed by atoms with Gasteiger partial charge in [-0.15, -0.1) is 0 Å². The van der Waals surface area contributed by atoms with Gasteiger partial charge in [-0.05, 0) is 44.6 Å². The van der Waals surface area contributed by atoms with Gasteiger partial charge in [-0.25, -0.2) is 4.98 Å². The second-order valence-electron chi connectivity index (χ2n) is 8.36. The first-order valence-electron chi connectivity index (χ1n) is 10.5. The highest BCUT2D eigenvalue weighted by atomic mass is 15.3. The van der Waals surface area contributed by atoms with Gasteiger partial charge in [0, 0.05) is 42.8 Å². The van der Waals surface area contributed by atoms with E-state index in [4.69, 9.17) is 15.7 Å². The van der Waals surface area contributed by atoms with E-state index in [2.05, 4.69) is 41.0 Å². The Morgan fingerprint density at radius 2 is 1.93 bits per heavy atom. The number of rotatable bonds is 1. The Morgan fingerprint density at radius 1 is 1.04 bits per heavy atom. The summed E-state index contributed by atoms with van der Waals surface area (Å²) in [5.41, 5.74) is 11.2. The van der Waals surface area contributed by atoms with E-state index < -0.39 is 0 Å². The molecule has 2 N–H and O–H groups in total. The molecule has 2 atom stereocenters. The Balaban J connectivity index is 1.54. The quantitative estimate of drug-likeness (QED) is 0.843. The van der Waals surface area contributed by atoms with Crippen molar-refractivity contribution >= 4 is 11.8 Å². The molecular weight excluding hydrogens is 334 g/mol. The van der Waals surface area contributed by atoms with Crippen molar-refractivity contribution in [3.05, 3.63) is 35.4 Å². The molecule has 0 amide bonds. The van der Waals surface area contributed by atoms with Crippen LogP contribution in [0.15, 0.2) is 24.3 Å². The first-order chi connectivity index (χ1) is 13.2. The Kier molecular flexibility index (Phi) is 4.27. The van der Waals surface area contributed by atoms with Crippen molar-refractivity contribution in [3.8, 4) is 11.3 Å². The van der Waals surface area contributed by atoms with Gasteiger partial charge in [0.05, 0.1) is 5.69 Å². The number of fused-ring (bicyclic) bond motifs is 4. The lowest BCUT2D eigenvalue weighted by Gasteiger charge is -2.48. The zero-order chi connectivity index (χ0) is 18.4. The number of aryl methyl sites for hydroxylation is 1. The van der Waals surface area contributed by atoms with Crippen LogP contribution in [0.4, 0.5) is 11.8 Å². The van der Waals surface area contributed by atoms with Crippen LogP contribution < -0.4 is 10.6 Å². The number of hydrogen-bond donors (Lipinski definition) is 1. The zero-order valence-corrected chi connectivity index (χ0v) is 16.2. The van der Waals surface area contributed by atoms with Gasteiger partial charge in [-0.2, -0.15) is 4.98 Å². The highest BCUT2D eigenvalue weighted by molar-refractivity contribution is 5.74. The second-order valence-corrected chi connectivity index (χ2v) is 8.36. The highest BCUT2D eigenvalue weighted by Gasteiger charge is 2.34. The average molecular weight is 364 g/mol. The highest BCUT2D eigenvalue weighted by Crippen LogP contribution is 2.37. The maximum absolute atomic E-state index is 6.19. The monoisotopic (exact) mass is 363 g/mol. The molecule has 2 unspecified atom stereocenters. The van der Waals surface area contributed by atoms with Crippen LogP contribution in [-0.4, -0.2) is 46.6 Å². The van der Waals surface area contributed by atoms with E-state index >= 15 is 0 Å². The third-order valence-electron chi connectivity index (χ3n) is 6.70. The van der Waals surface area contributed by atoms with Gasteiger partial charge in [-0.3, -0.25) is 4.90 Å². The van der Waals surface area contributed by atoms with Crippen molar-refractivity contribution in [3.63, 3.8) is 0 Å². The summed E-state index contributed by atoms with van der Waals surface area (Å²) in [6.45, 7) is 5.61. The minimum atomic E-state index is 0.403. The fourth-order valence-corrected chi connectivity index (χ4v) is 5.34. The van der Waals surface area contributed by atoms with Crippen molar-refractivity contribution < 1.29 is 0 Å². The molecule has 27 heavy (non-hydrogen) atoms. The summed E-state index contributed by atoms with van der Waals surface area (Å²) in [6.07, 6.45) is 7.24. The third-order valence-corrected chi connectivity index (χ3v) is 6.70. The molecule has 142 valence electrons. The topological polar surface area (TPSA) is 58.3 Å². The van der Waals surface area contributed by atoms with Crippen molar-refractivity contribution in [2.24, 2.45) is 0 Å². The fraction of sp³-hybridized carbons (Fsp3) is 0.545. The number of nitrogens with zero attached hydrogens (tertiary/aromatic N) is 4. The van der Waals surface area contributed by atoms with Gasteiger partial charge in [0.1, 0.15) is 5.82 Å². The van der Waals surface area contributed by atoms with Crippen LogP contribution in [0.1, 0.15) is 43.7 Å². The molecule has 2 saturated heterocycles. The van der Waals surface area contributed by atoms with E-state index in [0.717, 1.165) is 50.4 Å². The van der Waals surface area contributed by atoms with Crippen LogP contribution in [0.3, 0.4) is 0 Å². The largest absolute Gasteiger partial charge is 0.368 e. The maximum atomic E-state index is 6.19. The summed E-state index contributed by atoms with van der Waals surface area (Å²) < 4.78 is 0. The molecule has 3 aliphatic rings. The first kappa shape index (κ1) is 17.0. The second kappa shape index (κ2) is 6.79. The summed E-state index contributed by atoms with van der Waals surface area (Å²) in [6, 6.07) is 10.0. The minimum absolute atomic E-state index is 0.403. The predicted octanol–water partition coefficient (Wildman–Crippen LogP) is 3.28. The molecule has 5 heteroatoms. The number of piperazine rings is 1. The SMILES string of the molecule is CC1CCCC2CN(c3nc(N)nc4c3CCCc3ccccc3-4)CCN12. The van der Waals surface area contributed by atoms with Crippen LogP contribution in [0.25, 0.3) is 11.3 Å². The summed E-state index contributed by atoms with van der Waals surface area (Å²) in [4.78, 5) is 14.6. The summed E-state index contributed by atoms with van der Waals surface area (Å²) in [7, 11) is 0. The van der Waals surface area contributed by atoms with Gasteiger partial charge in [0.25, 0.3) is 0 Å². The average Bonchev–Trinajstić information content (AvgIpc) is 2.87. The zero-order valence-electron chi connectivity index (χ0n) is 16.2. The molecule has 2 aliphatic heterocycles. The summed E-state index contributed by atoms with van der Waals surface area (Å²) >= 11 is 0. The fourth-order valence-electron chi connectivity index (χ4n) is 5.34.